The van der Waals surface area contributed by atoms with Crippen molar-refractivity contribution in [1.82, 2.24) is 5.32 Å². The molecule has 0 fully saturated rings. The van der Waals surface area contributed by atoms with E-state index >= 15 is 0 Å². The van der Waals surface area contributed by atoms with Crippen LogP contribution in [0.1, 0.15) is 46.5 Å². The lowest BCUT2D eigenvalue weighted by Crippen LogP contribution is -2.41. The van der Waals surface area contributed by atoms with Gasteiger partial charge in [-0.05, 0) is 24.5 Å². The van der Waals surface area contributed by atoms with Crippen molar-refractivity contribution in [3.8, 4) is 0 Å². The van der Waals surface area contributed by atoms with Crippen LogP contribution >= 0.6 is 11.8 Å². The SMILES string of the molecule is CCCCC(NC(=O)CSCCC(C)C)C(=O)O. The fourth-order valence-electron chi connectivity index (χ4n) is 1.39. The maximum Gasteiger partial charge on any atom is 0.326 e. The van der Waals surface area contributed by atoms with Crippen LogP contribution in [0.3, 0.4) is 0 Å². The Morgan fingerprint density at radius 3 is 2.44 bits per heavy atom. The Morgan fingerprint density at radius 1 is 1.28 bits per heavy atom. The van der Waals surface area contributed by atoms with Crippen LogP contribution in [0, 0.1) is 5.92 Å². The van der Waals surface area contributed by atoms with E-state index in [9.17, 15) is 9.59 Å². The first-order valence-corrected chi connectivity index (χ1v) is 7.72. The Hall–Kier alpha value is -0.710. The molecule has 0 aliphatic heterocycles. The molecule has 1 unspecified atom stereocenters. The molecule has 18 heavy (non-hydrogen) atoms. The largest absolute Gasteiger partial charge is 0.480 e. The summed E-state index contributed by atoms with van der Waals surface area (Å²) in [4.78, 5) is 22.5. The third-order valence-corrected chi connectivity index (χ3v) is 3.54. The number of carbonyl (C=O) groups excluding carboxylic acids is 1. The van der Waals surface area contributed by atoms with Gasteiger partial charge in [-0.25, -0.2) is 4.79 Å². The van der Waals surface area contributed by atoms with Crippen LogP contribution in [0.25, 0.3) is 0 Å². The number of hydrogen-bond acceptors (Lipinski definition) is 3. The first kappa shape index (κ1) is 17.3. The molecule has 2 N–H and O–H groups in total. The molecule has 0 aromatic rings. The monoisotopic (exact) mass is 275 g/mol. The van der Waals surface area contributed by atoms with Gasteiger partial charge in [0, 0.05) is 0 Å². The highest BCUT2D eigenvalue weighted by atomic mass is 32.2. The Labute approximate surface area is 114 Å². The summed E-state index contributed by atoms with van der Waals surface area (Å²) in [5.74, 6) is 0.813. The van der Waals surface area contributed by atoms with E-state index in [0.29, 0.717) is 18.1 Å². The molecule has 5 heteroatoms. The van der Waals surface area contributed by atoms with Gasteiger partial charge in [-0.15, -0.1) is 0 Å². The second-order valence-corrected chi connectivity index (χ2v) is 5.94. The summed E-state index contributed by atoms with van der Waals surface area (Å²) in [7, 11) is 0. The second kappa shape index (κ2) is 10.2. The van der Waals surface area contributed by atoms with Gasteiger partial charge in [0.2, 0.25) is 5.91 Å². The van der Waals surface area contributed by atoms with Crippen molar-refractivity contribution in [1.29, 1.82) is 0 Å². The summed E-state index contributed by atoms with van der Waals surface area (Å²) in [6.45, 7) is 6.29. The molecular weight excluding hydrogens is 250 g/mol. The summed E-state index contributed by atoms with van der Waals surface area (Å²) >= 11 is 1.56. The number of nitrogens with one attached hydrogen (secondary N) is 1. The van der Waals surface area contributed by atoms with E-state index in [-0.39, 0.29) is 5.91 Å². The van der Waals surface area contributed by atoms with Crippen molar-refractivity contribution < 1.29 is 14.7 Å². The number of rotatable bonds is 10. The lowest BCUT2D eigenvalue weighted by Gasteiger charge is -2.14. The van der Waals surface area contributed by atoms with Crippen molar-refractivity contribution >= 4 is 23.6 Å². The van der Waals surface area contributed by atoms with Gasteiger partial charge in [0.25, 0.3) is 0 Å². The summed E-state index contributed by atoms with van der Waals surface area (Å²) in [5.41, 5.74) is 0. The smallest absolute Gasteiger partial charge is 0.326 e. The molecule has 0 aliphatic carbocycles. The molecule has 0 spiro atoms. The van der Waals surface area contributed by atoms with Crippen molar-refractivity contribution in [2.24, 2.45) is 5.92 Å². The van der Waals surface area contributed by atoms with Crippen LogP contribution in [-0.4, -0.2) is 34.5 Å². The predicted molar refractivity (Wildman–Crippen MR) is 75.9 cm³/mol. The Kier molecular flexibility index (Phi) is 9.83. The molecule has 4 nitrogen and oxygen atoms in total. The molecule has 1 amide bonds. The Bertz CT molecular complexity index is 257. The fourth-order valence-corrected chi connectivity index (χ4v) is 2.44. The van der Waals surface area contributed by atoms with E-state index in [1.165, 1.54) is 0 Å². The number of carbonyl (C=O) groups is 2. The minimum Gasteiger partial charge on any atom is -0.480 e. The second-order valence-electron chi connectivity index (χ2n) is 4.84. The van der Waals surface area contributed by atoms with E-state index in [0.717, 1.165) is 25.0 Å². The lowest BCUT2D eigenvalue weighted by atomic mass is 10.1. The van der Waals surface area contributed by atoms with Crippen LogP contribution < -0.4 is 5.32 Å². The molecule has 0 radical (unpaired) electrons. The third kappa shape index (κ3) is 9.33. The first-order chi connectivity index (χ1) is 8.47. The van der Waals surface area contributed by atoms with Gasteiger partial charge in [0.1, 0.15) is 6.04 Å². The van der Waals surface area contributed by atoms with Gasteiger partial charge >= 0.3 is 5.97 Å². The van der Waals surface area contributed by atoms with Gasteiger partial charge in [-0.3, -0.25) is 4.79 Å². The summed E-state index contributed by atoms with van der Waals surface area (Å²) in [5, 5.41) is 11.6. The van der Waals surface area contributed by atoms with Crippen LogP contribution in [-0.2, 0) is 9.59 Å². The number of amides is 1. The molecule has 0 bridgehead atoms. The highest BCUT2D eigenvalue weighted by Gasteiger charge is 2.18. The maximum absolute atomic E-state index is 11.6. The zero-order valence-electron chi connectivity index (χ0n) is 11.6. The highest BCUT2D eigenvalue weighted by Crippen LogP contribution is 2.08. The molecule has 0 aromatic heterocycles. The zero-order valence-corrected chi connectivity index (χ0v) is 12.4. The Morgan fingerprint density at radius 2 is 1.94 bits per heavy atom. The molecule has 0 aliphatic rings. The molecule has 106 valence electrons. The molecule has 1 atom stereocenters. The van der Waals surface area contributed by atoms with E-state index in [2.05, 4.69) is 19.2 Å². The average molecular weight is 275 g/mol. The number of hydrogen-bond donors (Lipinski definition) is 2. The predicted octanol–water partition coefficient (Wildman–Crippen LogP) is 2.53. The highest BCUT2D eigenvalue weighted by molar-refractivity contribution is 7.99. The van der Waals surface area contributed by atoms with E-state index in [1.807, 2.05) is 6.92 Å². The van der Waals surface area contributed by atoms with Crippen LogP contribution in [0.5, 0.6) is 0 Å². The quantitative estimate of drug-likeness (QED) is 0.601. The standard InChI is InChI=1S/C13H25NO3S/c1-4-5-6-11(13(16)17)14-12(15)9-18-8-7-10(2)3/h10-11H,4-9H2,1-3H3,(H,14,15)(H,16,17). The number of unbranched alkanes of at least 4 members (excludes halogenated alkanes) is 1. The van der Waals surface area contributed by atoms with E-state index in [1.54, 1.807) is 11.8 Å². The van der Waals surface area contributed by atoms with E-state index < -0.39 is 12.0 Å². The normalized spacial score (nSPS) is 12.4. The number of carboxylic acid groups (broad SMARTS) is 1. The van der Waals surface area contributed by atoms with Crippen molar-refractivity contribution in [2.75, 3.05) is 11.5 Å². The molecular formula is C13H25NO3S. The van der Waals surface area contributed by atoms with Crippen LogP contribution in [0.2, 0.25) is 0 Å². The van der Waals surface area contributed by atoms with Gasteiger partial charge in [0.05, 0.1) is 5.75 Å². The summed E-state index contributed by atoms with van der Waals surface area (Å²) < 4.78 is 0. The minimum absolute atomic E-state index is 0.174. The van der Waals surface area contributed by atoms with Gasteiger partial charge in [0.15, 0.2) is 0 Å². The van der Waals surface area contributed by atoms with Gasteiger partial charge in [-0.2, -0.15) is 11.8 Å². The van der Waals surface area contributed by atoms with Crippen molar-refractivity contribution in [3.05, 3.63) is 0 Å². The summed E-state index contributed by atoms with van der Waals surface area (Å²) in [6.07, 6.45) is 3.34. The fraction of sp³-hybridized carbons (Fsp3) is 0.846. The lowest BCUT2D eigenvalue weighted by molar-refractivity contribution is -0.141. The van der Waals surface area contributed by atoms with Crippen LogP contribution in [0.15, 0.2) is 0 Å². The Balaban J connectivity index is 3.84. The maximum atomic E-state index is 11.6. The molecule has 0 saturated heterocycles. The van der Waals surface area contributed by atoms with Crippen molar-refractivity contribution in [3.63, 3.8) is 0 Å². The topological polar surface area (TPSA) is 66.4 Å². The molecule has 0 heterocycles. The minimum atomic E-state index is -0.941. The van der Waals surface area contributed by atoms with Gasteiger partial charge in [-0.1, -0.05) is 33.6 Å². The van der Waals surface area contributed by atoms with Crippen LogP contribution in [0.4, 0.5) is 0 Å². The third-order valence-electron chi connectivity index (χ3n) is 2.55. The number of aliphatic carboxylic acids is 1. The van der Waals surface area contributed by atoms with E-state index in [4.69, 9.17) is 5.11 Å². The number of carboxylic acids is 1. The van der Waals surface area contributed by atoms with Gasteiger partial charge < -0.3 is 10.4 Å². The summed E-state index contributed by atoms with van der Waals surface area (Å²) in [6, 6.07) is -0.733. The molecule has 0 rings (SSSR count). The first-order valence-electron chi connectivity index (χ1n) is 6.57. The molecule has 0 aromatic carbocycles. The number of thioether (sulfide) groups is 1. The zero-order chi connectivity index (χ0) is 14.0. The van der Waals surface area contributed by atoms with Crippen molar-refractivity contribution in [2.45, 2.75) is 52.5 Å². The average Bonchev–Trinajstić information content (AvgIpc) is 2.29. The molecule has 0 saturated carbocycles.